The lowest BCUT2D eigenvalue weighted by Gasteiger charge is -2.26. The molecule has 1 aliphatic carbocycles. The molecule has 0 radical (unpaired) electrons. The number of amides is 2. The van der Waals surface area contributed by atoms with Gasteiger partial charge in [0.1, 0.15) is 6.54 Å². The molecule has 1 heterocycles. The van der Waals surface area contributed by atoms with E-state index in [-0.39, 0.29) is 12.6 Å². The summed E-state index contributed by atoms with van der Waals surface area (Å²) in [5.41, 5.74) is -0.709. The smallest absolute Gasteiger partial charge is 0.267 e. The predicted molar refractivity (Wildman–Crippen MR) is 62.7 cm³/mol. The SMILES string of the molecule is CC#CCN1C(=O)NC2(CCC(C)CC2)[N+]1=O. The van der Waals surface area contributed by atoms with Crippen LogP contribution in [-0.4, -0.2) is 28.1 Å². The van der Waals surface area contributed by atoms with Crippen molar-refractivity contribution in [3.05, 3.63) is 4.91 Å². The van der Waals surface area contributed by atoms with E-state index in [1.165, 1.54) is 0 Å². The van der Waals surface area contributed by atoms with Crippen LogP contribution in [-0.2, 0) is 0 Å². The van der Waals surface area contributed by atoms with Gasteiger partial charge in [0.25, 0.3) is 0 Å². The Balaban J connectivity index is 2.14. The van der Waals surface area contributed by atoms with E-state index in [0.717, 1.165) is 35.6 Å². The summed E-state index contributed by atoms with van der Waals surface area (Å²) in [4.78, 5) is 24.8. The number of nitroso groups, excluding NO2 is 1. The number of carbonyl (C=O) groups excluding carboxylic acids is 1. The quantitative estimate of drug-likeness (QED) is 0.556. The highest BCUT2D eigenvalue weighted by Gasteiger charge is 2.60. The minimum Gasteiger partial charge on any atom is -0.267 e. The highest BCUT2D eigenvalue weighted by molar-refractivity contribution is 5.75. The van der Waals surface area contributed by atoms with Crippen LogP contribution in [0.5, 0.6) is 0 Å². The van der Waals surface area contributed by atoms with Crippen molar-refractivity contribution in [3.63, 3.8) is 0 Å². The van der Waals surface area contributed by atoms with E-state index < -0.39 is 5.66 Å². The van der Waals surface area contributed by atoms with Crippen molar-refractivity contribution in [1.29, 1.82) is 0 Å². The van der Waals surface area contributed by atoms with E-state index in [1.54, 1.807) is 6.92 Å². The Kier molecular flexibility index (Phi) is 3.05. The summed E-state index contributed by atoms with van der Waals surface area (Å²) in [6.45, 7) is 4.05. The molecule has 92 valence electrons. The molecule has 1 saturated carbocycles. The molecule has 0 atom stereocenters. The molecule has 0 bridgehead atoms. The topological polar surface area (TPSA) is 52.4 Å². The largest absolute Gasteiger partial charge is 0.380 e. The Morgan fingerprint density at radius 2 is 2.18 bits per heavy atom. The maximum absolute atomic E-state index is 12.2. The van der Waals surface area contributed by atoms with Crippen molar-refractivity contribution in [2.45, 2.75) is 45.2 Å². The fourth-order valence-electron chi connectivity index (χ4n) is 2.47. The predicted octanol–water partition coefficient (Wildman–Crippen LogP) is 1.64. The van der Waals surface area contributed by atoms with Crippen LogP contribution in [0.4, 0.5) is 4.79 Å². The van der Waals surface area contributed by atoms with Crippen LogP contribution in [0.2, 0.25) is 0 Å². The average molecular weight is 236 g/mol. The second-order valence-electron chi connectivity index (χ2n) is 4.90. The molecule has 2 fully saturated rings. The van der Waals surface area contributed by atoms with Crippen molar-refractivity contribution < 1.29 is 9.66 Å². The summed E-state index contributed by atoms with van der Waals surface area (Å²) in [5.74, 6) is 6.09. The summed E-state index contributed by atoms with van der Waals surface area (Å²) < 4.78 is 0. The number of carbonyl (C=O) groups is 1. The normalized spacial score (nSPS) is 32.4. The molecule has 2 rings (SSSR count). The van der Waals surface area contributed by atoms with Crippen LogP contribution >= 0.6 is 0 Å². The lowest BCUT2D eigenvalue weighted by atomic mass is 9.83. The third-order valence-electron chi connectivity index (χ3n) is 3.67. The standard InChI is InChI=1S/C12H17N3O2/c1-3-4-9-14-11(16)13-12(15(14)17)7-5-10(2)6-8-12/h10H,5-9H2,1-2H3/p+1. The maximum Gasteiger partial charge on any atom is 0.380 e. The second kappa shape index (κ2) is 4.36. The van der Waals surface area contributed by atoms with Gasteiger partial charge < -0.3 is 0 Å². The Morgan fingerprint density at radius 1 is 1.53 bits per heavy atom. The fourth-order valence-corrected chi connectivity index (χ4v) is 2.47. The lowest BCUT2D eigenvalue weighted by Crippen LogP contribution is -2.50. The third kappa shape index (κ3) is 1.99. The van der Waals surface area contributed by atoms with Gasteiger partial charge in [-0.25, -0.2) is 4.79 Å². The van der Waals surface area contributed by atoms with Gasteiger partial charge in [0.15, 0.2) is 4.87 Å². The molecular weight excluding hydrogens is 218 g/mol. The summed E-state index contributed by atoms with van der Waals surface area (Å²) in [5, 5.41) is 3.99. The first kappa shape index (κ1) is 11.9. The summed E-state index contributed by atoms with van der Waals surface area (Å²) >= 11 is 0. The van der Waals surface area contributed by atoms with Crippen molar-refractivity contribution in [3.8, 4) is 11.8 Å². The highest BCUT2D eigenvalue weighted by atomic mass is 16.4. The molecule has 1 saturated heterocycles. The zero-order chi connectivity index (χ0) is 12.5. The number of urea groups is 1. The average Bonchev–Trinajstić information content (AvgIpc) is 2.54. The second-order valence-corrected chi connectivity index (χ2v) is 4.90. The fraction of sp³-hybridized carbons (Fsp3) is 0.750. The van der Waals surface area contributed by atoms with Crippen LogP contribution in [0, 0.1) is 22.7 Å². The van der Waals surface area contributed by atoms with Crippen molar-refractivity contribution in [1.82, 2.24) is 10.3 Å². The van der Waals surface area contributed by atoms with Gasteiger partial charge >= 0.3 is 11.7 Å². The van der Waals surface area contributed by atoms with E-state index in [9.17, 15) is 9.70 Å². The lowest BCUT2D eigenvalue weighted by molar-refractivity contribution is -0.735. The zero-order valence-corrected chi connectivity index (χ0v) is 10.3. The summed E-state index contributed by atoms with van der Waals surface area (Å²) in [6.07, 6.45) is 3.40. The van der Waals surface area contributed by atoms with Gasteiger partial charge in [0, 0.05) is 12.8 Å². The molecule has 2 amide bonds. The molecule has 0 unspecified atom stereocenters. The minimum atomic E-state index is -0.709. The Hall–Kier alpha value is -1.57. The number of hydrogen-bond donors (Lipinski definition) is 1. The highest BCUT2D eigenvalue weighted by Crippen LogP contribution is 2.35. The van der Waals surface area contributed by atoms with Gasteiger partial charge in [0.2, 0.25) is 0 Å². The molecule has 1 N–H and O–H groups in total. The summed E-state index contributed by atoms with van der Waals surface area (Å²) in [7, 11) is 0. The minimum absolute atomic E-state index is 0.170. The molecule has 5 heteroatoms. The molecule has 17 heavy (non-hydrogen) atoms. The number of nitrogens with one attached hydrogen (secondary N) is 1. The number of nitrogens with zero attached hydrogens (tertiary/aromatic N) is 2. The zero-order valence-electron chi connectivity index (χ0n) is 10.3. The van der Waals surface area contributed by atoms with E-state index >= 15 is 0 Å². The Bertz CT molecular complexity index is 400. The van der Waals surface area contributed by atoms with Gasteiger partial charge in [0.05, 0.1) is 4.91 Å². The van der Waals surface area contributed by atoms with E-state index in [0.29, 0.717) is 5.92 Å². The van der Waals surface area contributed by atoms with Gasteiger partial charge in [-0.2, -0.15) is 0 Å². The van der Waals surface area contributed by atoms with Crippen molar-refractivity contribution in [2.75, 3.05) is 6.54 Å². The van der Waals surface area contributed by atoms with E-state index in [1.807, 2.05) is 0 Å². The molecule has 0 aromatic heterocycles. The van der Waals surface area contributed by atoms with E-state index in [4.69, 9.17) is 0 Å². The Morgan fingerprint density at radius 3 is 2.76 bits per heavy atom. The first-order valence-electron chi connectivity index (χ1n) is 6.05. The molecule has 0 aromatic carbocycles. The van der Waals surface area contributed by atoms with Gasteiger partial charge in [-0.1, -0.05) is 12.8 Å². The molecule has 2 aliphatic rings. The van der Waals surface area contributed by atoms with Crippen LogP contribution in [0.1, 0.15) is 39.5 Å². The van der Waals surface area contributed by atoms with Gasteiger partial charge in [-0.3, -0.25) is 5.32 Å². The summed E-state index contributed by atoms with van der Waals surface area (Å²) in [6, 6.07) is -0.322. The van der Waals surface area contributed by atoms with Crippen molar-refractivity contribution >= 4 is 6.03 Å². The van der Waals surface area contributed by atoms with Crippen LogP contribution < -0.4 is 5.32 Å². The monoisotopic (exact) mass is 236 g/mol. The maximum atomic E-state index is 12.2. The third-order valence-corrected chi connectivity index (χ3v) is 3.67. The van der Waals surface area contributed by atoms with Crippen LogP contribution in [0.15, 0.2) is 0 Å². The number of hydrazine groups is 1. The molecule has 0 aromatic rings. The van der Waals surface area contributed by atoms with Gasteiger partial charge in [-0.05, 0) is 30.7 Å². The van der Waals surface area contributed by atoms with Gasteiger partial charge in [-0.15, -0.1) is 5.92 Å². The van der Waals surface area contributed by atoms with E-state index in [2.05, 4.69) is 24.1 Å². The molecule has 1 aliphatic heterocycles. The molecule has 1 spiro atoms. The van der Waals surface area contributed by atoms with Crippen LogP contribution in [0.25, 0.3) is 0 Å². The number of hydrogen-bond acceptors (Lipinski definition) is 2. The first-order valence-corrected chi connectivity index (χ1v) is 6.05. The molecule has 5 nitrogen and oxygen atoms in total. The molecular formula is C12H18N3O2+. The number of rotatable bonds is 1. The first-order chi connectivity index (χ1) is 8.09. The Labute approximate surface area is 101 Å². The van der Waals surface area contributed by atoms with Crippen LogP contribution in [0.3, 0.4) is 0 Å². The van der Waals surface area contributed by atoms with Crippen molar-refractivity contribution in [2.24, 2.45) is 5.92 Å².